The van der Waals surface area contributed by atoms with Crippen molar-refractivity contribution in [2.75, 3.05) is 13.6 Å². The van der Waals surface area contributed by atoms with E-state index in [4.69, 9.17) is 0 Å². The number of hydrogen-bond donors (Lipinski definition) is 1. The Kier molecular flexibility index (Phi) is 5.01. The maximum Gasteiger partial charge on any atom is 0.225 e. The van der Waals surface area contributed by atoms with Gasteiger partial charge in [0.25, 0.3) is 0 Å². The molecular formula is C17H21N3O2S2. The summed E-state index contributed by atoms with van der Waals surface area (Å²) in [5.74, 6) is -0.293. The van der Waals surface area contributed by atoms with Crippen molar-refractivity contribution in [3.63, 3.8) is 0 Å². The molecule has 24 heavy (non-hydrogen) atoms. The first kappa shape index (κ1) is 17.1. The van der Waals surface area contributed by atoms with E-state index in [1.807, 2.05) is 19.2 Å². The van der Waals surface area contributed by atoms with Crippen LogP contribution < -0.4 is 5.32 Å². The van der Waals surface area contributed by atoms with E-state index in [-0.39, 0.29) is 23.8 Å². The smallest absolute Gasteiger partial charge is 0.225 e. The zero-order chi connectivity index (χ0) is 17.3. The number of thiazole rings is 1. The lowest BCUT2D eigenvalue weighted by molar-refractivity contribution is -0.128. The number of nitrogens with zero attached hydrogens (tertiary/aromatic N) is 2. The minimum absolute atomic E-state index is 0.0328. The van der Waals surface area contributed by atoms with Gasteiger partial charge >= 0.3 is 0 Å². The van der Waals surface area contributed by atoms with Crippen molar-refractivity contribution in [1.29, 1.82) is 0 Å². The summed E-state index contributed by atoms with van der Waals surface area (Å²) in [6, 6.07) is 1.93. The summed E-state index contributed by atoms with van der Waals surface area (Å²) >= 11 is 3.28. The summed E-state index contributed by atoms with van der Waals surface area (Å²) in [6.07, 6.45) is 1.02. The van der Waals surface area contributed by atoms with Crippen LogP contribution in [-0.2, 0) is 16.0 Å². The highest BCUT2D eigenvalue weighted by molar-refractivity contribution is 7.11. The summed E-state index contributed by atoms with van der Waals surface area (Å²) in [7, 11) is 1.74. The number of aromatic nitrogens is 1. The minimum Gasteiger partial charge on any atom is -0.346 e. The molecule has 0 bridgehead atoms. The van der Waals surface area contributed by atoms with Crippen molar-refractivity contribution in [3.8, 4) is 0 Å². The molecule has 2 unspecified atom stereocenters. The third kappa shape index (κ3) is 3.67. The SMILES string of the molecule is Cc1nc(C(Cc2ccsc2)NC(=O)C2CC(=O)N(C)C2)sc1C. The van der Waals surface area contributed by atoms with Crippen molar-refractivity contribution in [2.45, 2.75) is 32.7 Å². The molecule has 3 rings (SSSR count). The fraction of sp³-hybridized carbons (Fsp3) is 0.471. The molecule has 0 saturated carbocycles. The Bertz CT molecular complexity index is 720. The molecule has 128 valence electrons. The third-order valence-electron chi connectivity index (χ3n) is 4.39. The zero-order valence-corrected chi connectivity index (χ0v) is 15.7. The van der Waals surface area contributed by atoms with Crippen LogP contribution in [0.5, 0.6) is 0 Å². The predicted molar refractivity (Wildman–Crippen MR) is 96.2 cm³/mol. The highest BCUT2D eigenvalue weighted by Crippen LogP contribution is 2.27. The Morgan fingerprint density at radius 1 is 1.50 bits per heavy atom. The summed E-state index contributed by atoms with van der Waals surface area (Å²) in [4.78, 5) is 31.7. The van der Waals surface area contributed by atoms with Gasteiger partial charge in [-0.15, -0.1) is 11.3 Å². The number of likely N-dealkylation sites (tertiary alicyclic amines) is 1. The fourth-order valence-corrected chi connectivity index (χ4v) is 4.48. The van der Waals surface area contributed by atoms with Gasteiger partial charge in [0.15, 0.2) is 0 Å². The summed E-state index contributed by atoms with van der Waals surface area (Å²) in [5, 5.41) is 8.20. The van der Waals surface area contributed by atoms with E-state index in [0.717, 1.165) is 17.1 Å². The van der Waals surface area contributed by atoms with Crippen LogP contribution in [0.2, 0.25) is 0 Å². The van der Waals surface area contributed by atoms with Crippen LogP contribution in [0.4, 0.5) is 0 Å². The molecule has 7 heteroatoms. The Morgan fingerprint density at radius 2 is 2.29 bits per heavy atom. The summed E-state index contributed by atoms with van der Waals surface area (Å²) in [6.45, 7) is 4.53. The monoisotopic (exact) mass is 363 g/mol. The molecule has 1 aliphatic heterocycles. The quantitative estimate of drug-likeness (QED) is 0.888. The molecule has 0 radical (unpaired) electrons. The van der Waals surface area contributed by atoms with Gasteiger partial charge in [-0.25, -0.2) is 4.98 Å². The van der Waals surface area contributed by atoms with Crippen molar-refractivity contribution in [2.24, 2.45) is 5.92 Å². The topological polar surface area (TPSA) is 62.3 Å². The van der Waals surface area contributed by atoms with Gasteiger partial charge in [0.05, 0.1) is 17.7 Å². The normalized spacial score (nSPS) is 18.9. The molecule has 2 amide bonds. The van der Waals surface area contributed by atoms with Gasteiger partial charge in [0, 0.05) is 31.3 Å². The lowest BCUT2D eigenvalue weighted by Gasteiger charge is -2.18. The largest absolute Gasteiger partial charge is 0.346 e. The number of amides is 2. The van der Waals surface area contributed by atoms with Gasteiger partial charge < -0.3 is 10.2 Å². The molecule has 2 aromatic rings. The van der Waals surface area contributed by atoms with E-state index >= 15 is 0 Å². The van der Waals surface area contributed by atoms with Crippen LogP contribution in [0.15, 0.2) is 16.8 Å². The first-order valence-corrected chi connectivity index (χ1v) is 9.69. The van der Waals surface area contributed by atoms with Crippen molar-refractivity contribution < 1.29 is 9.59 Å². The van der Waals surface area contributed by atoms with Crippen molar-refractivity contribution in [3.05, 3.63) is 38.0 Å². The molecule has 0 spiro atoms. The first-order valence-electron chi connectivity index (χ1n) is 7.93. The van der Waals surface area contributed by atoms with Crippen molar-refractivity contribution >= 4 is 34.5 Å². The Morgan fingerprint density at radius 3 is 2.83 bits per heavy atom. The Hall–Kier alpha value is -1.73. The molecule has 1 saturated heterocycles. The number of nitrogens with one attached hydrogen (secondary N) is 1. The standard InChI is InChI=1S/C17H21N3O2S2/c1-10-11(2)24-17(18-10)14(6-12-4-5-23-9-12)19-16(22)13-7-15(21)20(3)8-13/h4-5,9,13-14H,6-8H2,1-3H3,(H,19,22). The average molecular weight is 364 g/mol. The van der Waals surface area contributed by atoms with Gasteiger partial charge in [-0.1, -0.05) is 0 Å². The van der Waals surface area contributed by atoms with E-state index in [0.29, 0.717) is 13.0 Å². The van der Waals surface area contributed by atoms with Crippen LogP contribution in [0.3, 0.4) is 0 Å². The molecular weight excluding hydrogens is 342 g/mol. The Labute approximate surface area is 149 Å². The molecule has 3 heterocycles. The summed E-state index contributed by atoms with van der Waals surface area (Å²) < 4.78 is 0. The fourth-order valence-electron chi connectivity index (χ4n) is 2.82. The number of carbonyl (C=O) groups excluding carboxylic acids is 2. The lowest BCUT2D eigenvalue weighted by Crippen LogP contribution is -2.36. The minimum atomic E-state index is -0.269. The van der Waals surface area contributed by atoms with Crippen LogP contribution in [0.1, 0.15) is 33.6 Å². The van der Waals surface area contributed by atoms with Crippen LogP contribution in [-0.4, -0.2) is 35.3 Å². The number of hydrogen-bond acceptors (Lipinski definition) is 5. The van der Waals surface area contributed by atoms with Gasteiger partial charge in [-0.3, -0.25) is 9.59 Å². The highest BCUT2D eigenvalue weighted by Gasteiger charge is 2.33. The summed E-state index contributed by atoms with van der Waals surface area (Å²) in [5.41, 5.74) is 2.20. The van der Waals surface area contributed by atoms with Gasteiger partial charge in [0.1, 0.15) is 5.01 Å². The van der Waals surface area contributed by atoms with E-state index in [1.54, 1.807) is 34.6 Å². The van der Waals surface area contributed by atoms with Gasteiger partial charge in [-0.2, -0.15) is 11.3 Å². The molecule has 1 fully saturated rings. The molecule has 0 aromatic carbocycles. The Balaban J connectivity index is 1.77. The number of aryl methyl sites for hydroxylation is 2. The third-order valence-corrected chi connectivity index (χ3v) is 6.31. The van der Waals surface area contributed by atoms with Crippen LogP contribution in [0, 0.1) is 19.8 Å². The number of carbonyl (C=O) groups is 2. The molecule has 0 aliphatic carbocycles. The van der Waals surface area contributed by atoms with Crippen LogP contribution in [0.25, 0.3) is 0 Å². The zero-order valence-electron chi connectivity index (χ0n) is 14.0. The lowest BCUT2D eigenvalue weighted by atomic mass is 10.1. The first-order chi connectivity index (χ1) is 11.4. The maximum absolute atomic E-state index is 12.6. The van der Waals surface area contributed by atoms with E-state index < -0.39 is 0 Å². The second-order valence-electron chi connectivity index (χ2n) is 6.27. The molecule has 2 aromatic heterocycles. The second-order valence-corrected chi connectivity index (χ2v) is 8.28. The van der Waals surface area contributed by atoms with Crippen LogP contribution >= 0.6 is 22.7 Å². The van der Waals surface area contributed by atoms with Gasteiger partial charge in [0.2, 0.25) is 11.8 Å². The van der Waals surface area contributed by atoms with E-state index in [2.05, 4.69) is 21.7 Å². The predicted octanol–water partition coefficient (Wildman–Crippen LogP) is 2.70. The van der Waals surface area contributed by atoms with Gasteiger partial charge in [-0.05, 0) is 36.2 Å². The maximum atomic E-state index is 12.6. The highest BCUT2D eigenvalue weighted by atomic mass is 32.1. The van der Waals surface area contributed by atoms with E-state index in [9.17, 15) is 9.59 Å². The number of rotatable bonds is 5. The van der Waals surface area contributed by atoms with E-state index in [1.165, 1.54) is 10.4 Å². The molecule has 1 aliphatic rings. The van der Waals surface area contributed by atoms with Crippen molar-refractivity contribution in [1.82, 2.24) is 15.2 Å². The molecule has 1 N–H and O–H groups in total. The number of thiophene rings is 1. The molecule has 2 atom stereocenters. The second kappa shape index (κ2) is 7.03. The average Bonchev–Trinajstić information content (AvgIpc) is 3.23. The molecule has 5 nitrogen and oxygen atoms in total.